The van der Waals surface area contributed by atoms with Crippen LogP contribution in [0.15, 0.2) is 28.7 Å². The molecule has 1 aromatic rings. The van der Waals surface area contributed by atoms with Gasteiger partial charge in [0.1, 0.15) is 5.75 Å². The van der Waals surface area contributed by atoms with E-state index in [1.807, 2.05) is 0 Å². The molecule has 1 rings (SSSR count). The molecular weight excluding hydrogens is 311 g/mol. The van der Waals surface area contributed by atoms with E-state index in [-0.39, 0.29) is 0 Å². The van der Waals surface area contributed by atoms with Gasteiger partial charge >= 0.3 is 6.18 Å². The van der Waals surface area contributed by atoms with Gasteiger partial charge in [-0.2, -0.15) is 17.6 Å². The van der Waals surface area contributed by atoms with Crippen molar-refractivity contribution in [3.63, 3.8) is 0 Å². The Morgan fingerprint density at radius 2 is 1.71 bits per heavy atom. The first-order valence-corrected chi connectivity index (χ1v) is 7.73. The average Bonchev–Trinajstić information content (AvgIpc) is 2.34. The van der Waals surface area contributed by atoms with E-state index in [1.54, 1.807) is 0 Å². The zero-order valence-electron chi connectivity index (χ0n) is 11.6. The highest BCUT2D eigenvalue weighted by atomic mass is 32.3. The third kappa shape index (κ3) is 4.26. The molecule has 1 aromatic carbocycles. The van der Waals surface area contributed by atoms with Gasteiger partial charge in [0.25, 0.3) is 0 Å². The number of methoxy groups -OCH3 is 1. The van der Waals surface area contributed by atoms with Crippen LogP contribution in [0.1, 0.15) is 19.4 Å². The topological polar surface area (TPSA) is 79.1 Å². The van der Waals surface area contributed by atoms with Crippen molar-refractivity contribution < 1.29 is 31.2 Å². The molecule has 2 N–H and O–H groups in total. The molecule has 120 valence electrons. The minimum atomic E-state index is -5.78. The minimum absolute atomic E-state index is 0.315. The van der Waals surface area contributed by atoms with E-state index in [2.05, 4.69) is 4.40 Å². The third-order valence-electron chi connectivity index (χ3n) is 2.72. The molecule has 0 unspecified atom stereocenters. The van der Waals surface area contributed by atoms with Crippen molar-refractivity contribution in [1.82, 2.24) is 0 Å². The summed E-state index contributed by atoms with van der Waals surface area (Å²) in [4.78, 5) is 0. The van der Waals surface area contributed by atoms with Gasteiger partial charge in [-0.3, -0.25) is 9.11 Å². The van der Waals surface area contributed by atoms with Crippen molar-refractivity contribution in [2.24, 2.45) is 4.40 Å². The average molecular weight is 327 g/mol. The van der Waals surface area contributed by atoms with Gasteiger partial charge in [0.15, 0.2) is 15.5 Å². The first-order chi connectivity index (χ1) is 9.35. The zero-order valence-corrected chi connectivity index (χ0v) is 12.4. The number of hydrogen-bond acceptors (Lipinski definition) is 2. The van der Waals surface area contributed by atoms with Gasteiger partial charge < -0.3 is 4.74 Å². The van der Waals surface area contributed by atoms with Gasteiger partial charge in [0.05, 0.1) is 12.4 Å². The maximum atomic E-state index is 13.0. The van der Waals surface area contributed by atoms with E-state index in [1.165, 1.54) is 19.2 Å². The molecule has 0 atom stereocenters. The van der Waals surface area contributed by atoms with Crippen LogP contribution in [0.25, 0.3) is 0 Å². The summed E-state index contributed by atoms with van der Waals surface area (Å²) in [6.45, 7) is 2.20. The van der Waals surface area contributed by atoms with E-state index >= 15 is 0 Å². The first kappa shape index (κ1) is 17.6. The van der Waals surface area contributed by atoms with Gasteiger partial charge in [-0.05, 0) is 38.1 Å². The fourth-order valence-electron chi connectivity index (χ4n) is 1.29. The van der Waals surface area contributed by atoms with Gasteiger partial charge in [-0.15, -0.1) is 0 Å². The Labute approximate surface area is 120 Å². The predicted molar refractivity (Wildman–Crippen MR) is 74.1 cm³/mol. The van der Waals surface area contributed by atoms with Gasteiger partial charge in [0.2, 0.25) is 0 Å². The van der Waals surface area contributed by atoms with Crippen LogP contribution in [-0.2, 0) is 9.81 Å². The minimum Gasteiger partial charge on any atom is -0.497 e. The predicted octanol–water partition coefficient (Wildman–Crippen LogP) is 3.14. The first-order valence-electron chi connectivity index (χ1n) is 5.83. The van der Waals surface area contributed by atoms with Gasteiger partial charge in [0, 0.05) is 5.56 Å². The number of alkyl halides is 3. The highest BCUT2D eigenvalue weighted by molar-refractivity contribution is 8.09. The van der Waals surface area contributed by atoms with Crippen LogP contribution in [0.3, 0.4) is 0 Å². The fourth-order valence-corrected chi connectivity index (χ4v) is 2.06. The summed E-state index contributed by atoms with van der Waals surface area (Å²) >= 11 is 0. The lowest BCUT2D eigenvalue weighted by Crippen LogP contribution is -2.41. The number of benzene rings is 1. The molecule has 5 nitrogen and oxygen atoms in total. The van der Waals surface area contributed by atoms with Crippen molar-refractivity contribution in [3.8, 4) is 5.75 Å². The second-order valence-electron chi connectivity index (χ2n) is 4.60. The second kappa shape index (κ2) is 5.39. The van der Waals surface area contributed by atoms with E-state index < -0.39 is 32.5 Å². The normalized spacial score (nSPS) is 15.7. The molecule has 0 saturated carbocycles. The van der Waals surface area contributed by atoms with Crippen LogP contribution < -0.4 is 4.74 Å². The molecule has 0 aliphatic heterocycles. The second-order valence-corrected chi connectivity index (χ2v) is 7.48. The molecule has 0 aromatic heterocycles. The summed E-state index contributed by atoms with van der Waals surface area (Å²) in [5.74, 6) is 0.315. The lowest BCUT2D eigenvalue weighted by molar-refractivity contribution is -0.0580. The number of hydrogen-bond donors (Lipinski definition) is 2. The van der Waals surface area contributed by atoms with E-state index in [0.29, 0.717) is 5.75 Å². The molecule has 0 aliphatic carbocycles. The van der Waals surface area contributed by atoms with Crippen LogP contribution >= 0.6 is 0 Å². The number of ether oxygens (including phenoxy) is 1. The Kier molecular flexibility index (Phi) is 4.52. The highest BCUT2D eigenvalue weighted by Crippen LogP contribution is 2.31. The van der Waals surface area contributed by atoms with Crippen LogP contribution in [-0.4, -0.2) is 37.6 Å². The molecule has 21 heavy (non-hydrogen) atoms. The molecule has 0 fully saturated rings. The third-order valence-corrected chi connectivity index (χ3v) is 4.90. The number of rotatable bonds is 4. The SMILES string of the molecule is COc1ccc(/C(=N/S(=O)(O)(O)C(C)C)C(F)(F)F)cc1. The monoisotopic (exact) mass is 327 g/mol. The molecule has 0 bridgehead atoms. The fraction of sp³-hybridized carbons (Fsp3) is 0.417. The quantitative estimate of drug-likeness (QED) is 0.833. The molecule has 0 radical (unpaired) electrons. The number of halogens is 3. The molecule has 0 aliphatic rings. The summed E-state index contributed by atoms with van der Waals surface area (Å²) < 4.78 is 77.6. The lowest BCUT2D eigenvalue weighted by Gasteiger charge is -2.31. The summed E-state index contributed by atoms with van der Waals surface area (Å²) in [5, 5.41) is -1.39. The van der Waals surface area contributed by atoms with Crippen molar-refractivity contribution in [1.29, 1.82) is 0 Å². The molecule has 0 spiro atoms. The largest absolute Gasteiger partial charge is 0.497 e. The summed E-state index contributed by atoms with van der Waals surface area (Å²) in [5.41, 5.74) is -2.08. The van der Waals surface area contributed by atoms with Crippen molar-refractivity contribution in [2.45, 2.75) is 25.3 Å². The Bertz CT molecular complexity index is 602. The lowest BCUT2D eigenvalue weighted by atomic mass is 10.1. The summed E-state index contributed by atoms with van der Waals surface area (Å²) in [6, 6.07) is 4.57. The van der Waals surface area contributed by atoms with Crippen molar-refractivity contribution in [2.75, 3.05) is 7.11 Å². The Hall–Kier alpha value is -1.45. The van der Waals surface area contributed by atoms with Crippen LogP contribution in [0, 0.1) is 0 Å². The molecule has 0 amide bonds. The molecule has 0 saturated heterocycles. The summed E-state index contributed by atoms with van der Waals surface area (Å²) in [7, 11) is -4.44. The Morgan fingerprint density at radius 1 is 1.24 bits per heavy atom. The van der Waals surface area contributed by atoms with Crippen LogP contribution in [0.2, 0.25) is 0 Å². The molecular formula is C12H16F3NO4S. The Balaban J connectivity index is 3.48. The van der Waals surface area contributed by atoms with Crippen molar-refractivity contribution >= 4 is 15.5 Å². The summed E-state index contributed by atoms with van der Waals surface area (Å²) in [6.07, 6.45) is -5.00. The van der Waals surface area contributed by atoms with Crippen molar-refractivity contribution in [3.05, 3.63) is 29.8 Å². The molecule has 0 heterocycles. The Morgan fingerprint density at radius 3 is 2.05 bits per heavy atom. The van der Waals surface area contributed by atoms with Crippen LogP contribution in [0.5, 0.6) is 5.75 Å². The van der Waals surface area contributed by atoms with E-state index in [4.69, 9.17) is 4.74 Å². The van der Waals surface area contributed by atoms with Gasteiger partial charge in [-0.1, -0.05) is 0 Å². The number of nitrogens with zero attached hydrogens (tertiary/aromatic N) is 1. The standard InChI is InChI=1S/C12H16F3NO4S/c1-8(2)21(17,18,19)16-11(12(13,14)15)9-4-6-10(20-3)7-5-9/h4-8H,1-3H3,(H2,17,18,19)/b16-11-. The maximum absolute atomic E-state index is 13.0. The molecule has 9 heteroatoms. The van der Waals surface area contributed by atoms with E-state index in [0.717, 1.165) is 26.0 Å². The zero-order chi connectivity index (χ0) is 16.5. The maximum Gasteiger partial charge on any atom is 0.434 e. The van der Waals surface area contributed by atoms with Gasteiger partial charge in [-0.25, -0.2) is 4.21 Å². The van der Waals surface area contributed by atoms with E-state index in [9.17, 15) is 26.5 Å². The highest BCUT2D eigenvalue weighted by Gasteiger charge is 2.43. The smallest absolute Gasteiger partial charge is 0.434 e. The van der Waals surface area contributed by atoms with Crippen LogP contribution in [0.4, 0.5) is 13.2 Å².